The van der Waals surface area contributed by atoms with Crippen molar-refractivity contribution in [2.24, 2.45) is 0 Å². The second-order valence-electron chi connectivity index (χ2n) is 6.07. The molecule has 8 heteroatoms. The summed E-state index contributed by atoms with van der Waals surface area (Å²) >= 11 is 0. The SMILES string of the molecule is Cc1cnn(Cc2cc(C(=O)Nc3ccc(C)nc3N(C)C)no2)c1. The molecule has 0 spiro atoms. The van der Waals surface area contributed by atoms with Gasteiger partial charge < -0.3 is 14.7 Å². The van der Waals surface area contributed by atoms with Crippen LogP contribution in [0.5, 0.6) is 0 Å². The topological polar surface area (TPSA) is 89.1 Å². The van der Waals surface area contributed by atoms with Gasteiger partial charge in [-0.1, -0.05) is 5.16 Å². The zero-order valence-electron chi connectivity index (χ0n) is 14.6. The van der Waals surface area contributed by atoms with Crippen molar-refractivity contribution in [3.05, 3.63) is 53.3 Å². The number of carbonyl (C=O) groups excluding carboxylic acids is 1. The number of hydrogen-bond acceptors (Lipinski definition) is 6. The lowest BCUT2D eigenvalue weighted by atomic mass is 10.3. The third-order valence-electron chi connectivity index (χ3n) is 3.56. The molecule has 3 rings (SSSR count). The van der Waals surface area contributed by atoms with Gasteiger partial charge in [0.15, 0.2) is 17.3 Å². The van der Waals surface area contributed by atoms with Crippen LogP contribution < -0.4 is 10.2 Å². The fourth-order valence-corrected chi connectivity index (χ4v) is 2.38. The Hall–Kier alpha value is -3.16. The Kier molecular flexibility index (Phi) is 4.51. The average molecular weight is 340 g/mol. The van der Waals surface area contributed by atoms with E-state index in [1.54, 1.807) is 16.9 Å². The van der Waals surface area contributed by atoms with Gasteiger partial charge >= 0.3 is 0 Å². The zero-order chi connectivity index (χ0) is 18.0. The average Bonchev–Trinajstić information content (AvgIpc) is 3.18. The van der Waals surface area contributed by atoms with Crippen LogP contribution in [-0.4, -0.2) is 39.9 Å². The first kappa shape index (κ1) is 16.7. The molecule has 0 unspecified atom stereocenters. The van der Waals surface area contributed by atoms with E-state index in [4.69, 9.17) is 4.52 Å². The Morgan fingerprint density at radius 2 is 2.12 bits per heavy atom. The smallest absolute Gasteiger partial charge is 0.277 e. The largest absolute Gasteiger partial charge is 0.361 e. The lowest BCUT2D eigenvalue weighted by Crippen LogP contribution is -2.18. The Balaban J connectivity index is 1.74. The van der Waals surface area contributed by atoms with Crippen LogP contribution in [0.15, 0.2) is 35.1 Å². The van der Waals surface area contributed by atoms with Crippen molar-refractivity contribution >= 4 is 17.4 Å². The monoisotopic (exact) mass is 340 g/mol. The second-order valence-corrected chi connectivity index (χ2v) is 6.07. The molecule has 0 radical (unpaired) electrons. The molecule has 0 aliphatic carbocycles. The van der Waals surface area contributed by atoms with Crippen molar-refractivity contribution in [2.45, 2.75) is 20.4 Å². The van der Waals surface area contributed by atoms with Gasteiger partial charge in [-0.15, -0.1) is 0 Å². The van der Waals surface area contributed by atoms with Gasteiger partial charge in [0.25, 0.3) is 5.91 Å². The number of rotatable bonds is 5. The first-order valence-electron chi connectivity index (χ1n) is 7.83. The maximum Gasteiger partial charge on any atom is 0.277 e. The van der Waals surface area contributed by atoms with Crippen LogP contribution in [0.4, 0.5) is 11.5 Å². The Labute approximate surface area is 145 Å². The van der Waals surface area contributed by atoms with Crippen LogP contribution >= 0.6 is 0 Å². The zero-order valence-corrected chi connectivity index (χ0v) is 14.6. The van der Waals surface area contributed by atoms with Crippen molar-refractivity contribution in [1.82, 2.24) is 19.9 Å². The number of amides is 1. The van der Waals surface area contributed by atoms with Crippen molar-refractivity contribution in [2.75, 3.05) is 24.3 Å². The highest BCUT2D eigenvalue weighted by Crippen LogP contribution is 2.22. The summed E-state index contributed by atoms with van der Waals surface area (Å²) in [6, 6.07) is 5.28. The molecule has 0 aliphatic rings. The molecule has 3 heterocycles. The number of carbonyl (C=O) groups is 1. The highest BCUT2D eigenvalue weighted by atomic mass is 16.5. The number of nitrogens with one attached hydrogen (secondary N) is 1. The van der Waals surface area contributed by atoms with Crippen LogP contribution in [0.1, 0.15) is 27.5 Å². The van der Waals surface area contributed by atoms with Crippen LogP contribution in [-0.2, 0) is 6.54 Å². The molecule has 25 heavy (non-hydrogen) atoms. The van der Waals surface area contributed by atoms with E-state index in [1.165, 1.54) is 0 Å². The van der Waals surface area contributed by atoms with E-state index >= 15 is 0 Å². The minimum absolute atomic E-state index is 0.212. The number of hydrogen-bond donors (Lipinski definition) is 1. The van der Waals surface area contributed by atoms with E-state index in [0.29, 0.717) is 23.8 Å². The molecule has 1 amide bonds. The van der Waals surface area contributed by atoms with E-state index in [0.717, 1.165) is 11.3 Å². The lowest BCUT2D eigenvalue weighted by Gasteiger charge is -2.16. The molecule has 3 aromatic heterocycles. The maximum absolute atomic E-state index is 12.4. The molecule has 0 aromatic carbocycles. The standard InChI is InChI=1S/C17H20N6O2/c1-11-8-18-23(9-11)10-13-7-15(21-25-13)17(24)20-14-6-5-12(2)19-16(14)22(3)4/h5-9H,10H2,1-4H3,(H,20,24). The summed E-state index contributed by atoms with van der Waals surface area (Å²) in [5.74, 6) is 0.896. The molecule has 0 aliphatic heterocycles. The van der Waals surface area contributed by atoms with Crippen LogP contribution in [0.25, 0.3) is 0 Å². The molecular formula is C17H20N6O2. The minimum Gasteiger partial charge on any atom is -0.361 e. The Morgan fingerprint density at radius 3 is 2.80 bits per heavy atom. The fraction of sp³-hybridized carbons (Fsp3) is 0.294. The van der Waals surface area contributed by atoms with E-state index in [1.807, 2.05) is 51.2 Å². The fourth-order valence-electron chi connectivity index (χ4n) is 2.38. The third kappa shape index (κ3) is 3.85. The summed E-state index contributed by atoms with van der Waals surface area (Å²) in [4.78, 5) is 18.7. The van der Waals surface area contributed by atoms with E-state index in [2.05, 4.69) is 20.6 Å². The van der Waals surface area contributed by atoms with Crippen LogP contribution in [0.2, 0.25) is 0 Å². The number of aryl methyl sites for hydroxylation is 2. The third-order valence-corrected chi connectivity index (χ3v) is 3.56. The van der Waals surface area contributed by atoms with E-state index in [-0.39, 0.29) is 11.6 Å². The van der Waals surface area contributed by atoms with Gasteiger partial charge in [0, 0.05) is 32.1 Å². The number of nitrogens with zero attached hydrogens (tertiary/aromatic N) is 5. The lowest BCUT2D eigenvalue weighted by molar-refractivity contribution is 0.101. The normalized spacial score (nSPS) is 10.7. The molecule has 0 bridgehead atoms. The predicted molar refractivity (Wildman–Crippen MR) is 93.8 cm³/mol. The first-order valence-corrected chi connectivity index (χ1v) is 7.83. The molecule has 1 N–H and O–H groups in total. The van der Waals surface area contributed by atoms with Crippen LogP contribution in [0.3, 0.4) is 0 Å². The minimum atomic E-state index is -0.347. The number of anilines is 2. The molecular weight excluding hydrogens is 320 g/mol. The van der Waals surface area contributed by atoms with Crippen molar-refractivity contribution in [3.63, 3.8) is 0 Å². The van der Waals surface area contributed by atoms with Gasteiger partial charge in [-0.25, -0.2) is 4.98 Å². The molecule has 0 atom stereocenters. The molecule has 0 saturated carbocycles. The summed E-state index contributed by atoms with van der Waals surface area (Å²) in [7, 11) is 3.75. The van der Waals surface area contributed by atoms with Crippen molar-refractivity contribution in [3.8, 4) is 0 Å². The summed E-state index contributed by atoms with van der Waals surface area (Å²) in [6.07, 6.45) is 3.65. The Bertz CT molecular complexity index is 896. The van der Waals surface area contributed by atoms with Gasteiger partial charge in [0.1, 0.15) is 6.54 Å². The summed E-state index contributed by atoms with van der Waals surface area (Å²) in [5.41, 5.74) is 2.76. The van der Waals surface area contributed by atoms with Gasteiger partial charge in [-0.2, -0.15) is 5.10 Å². The summed E-state index contributed by atoms with van der Waals surface area (Å²) in [5, 5.41) is 10.9. The van der Waals surface area contributed by atoms with E-state index in [9.17, 15) is 4.79 Å². The number of aromatic nitrogens is 4. The molecule has 0 saturated heterocycles. The predicted octanol–water partition coefficient (Wildman–Crippen LogP) is 2.25. The summed E-state index contributed by atoms with van der Waals surface area (Å²) in [6.45, 7) is 4.28. The van der Waals surface area contributed by atoms with Gasteiger partial charge in [-0.05, 0) is 31.5 Å². The van der Waals surface area contributed by atoms with Gasteiger partial charge in [0.05, 0.1) is 11.9 Å². The van der Waals surface area contributed by atoms with Crippen molar-refractivity contribution < 1.29 is 9.32 Å². The van der Waals surface area contributed by atoms with Crippen LogP contribution in [0, 0.1) is 13.8 Å². The summed E-state index contributed by atoms with van der Waals surface area (Å²) < 4.78 is 6.96. The quantitative estimate of drug-likeness (QED) is 0.766. The highest BCUT2D eigenvalue weighted by molar-refractivity contribution is 6.04. The molecule has 3 aromatic rings. The molecule has 0 fully saturated rings. The van der Waals surface area contributed by atoms with Gasteiger partial charge in [-0.3, -0.25) is 9.48 Å². The second kappa shape index (κ2) is 6.76. The van der Waals surface area contributed by atoms with Gasteiger partial charge in [0.2, 0.25) is 0 Å². The van der Waals surface area contributed by atoms with E-state index < -0.39 is 0 Å². The highest BCUT2D eigenvalue weighted by Gasteiger charge is 2.16. The van der Waals surface area contributed by atoms with Crippen molar-refractivity contribution in [1.29, 1.82) is 0 Å². The maximum atomic E-state index is 12.4. The number of pyridine rings is 1. The molecule has 8 nitrogen and oxygen atoms in total. The Morgan fingerprint density at radius 1 is 1.32 bits per heavy atom. The first-order chi connectivity index (χ1) is 11.9. The molecule has 130 valence electrons.